The predicted molar refractivity (Wildman–Crippen MR) is 86.7 cm³/mol. The Hall–Kier alpha value is -0.0400. The second kappa shape index (κ2) is 6.38. The molecule has 0 aromatic carbocycles. The minimum Gasteiger partial charge on any atom is -0.317 e. The van der Waals surface area contributed by atoms with Gasteiger partial charge in [-0.25, -0.2) is 0 Å². The summed E-state index contributed by atoms with van der Waals surface area (Å²) >= 11 is 0. The second-order valence-electron chi connectivity index (χ2n) is 8.48. The van der Waals surface area contributed by atoms with Crippen LogP contribution in [0.5, 0.6) is 0 Å². The highest BCUT2D eigenvalue weighted by molar-refractivity contribution is 4.93. The fourth-order valence-corrected chi connectivity index (χ4v) is 5.75. The van der Waals surface area contributed by atoms with Crippen LogP contribution < -0.4 is 5.32 Å². The molecule has 3 rings (SSSR count). The Labute approximate surface area is 126 Å². The molecule has 0 radical (unpaired) electrons. The van der Waals surface area contributed by atoms with Crippen molar-refractivity contribution in [1.82, 2.24) is 5.32 Å². The molecule has 0 amide bonds. The van der Waals surface area contributed by atoms with Crippen molar-refractivity contribution in [2.75, 3.05) is 7.05 Å². The smallest absolute Gasteiger partial charge is 0.00950 e. The summed E-state index contributed by atoms with van der Waals surface area (Å²) in [6.45, 7) is 4.83. The van der Waals surface area contributed by atoms with Gasteiger partial charge in [-0.1, -0.05) is 20.3 Å². The van der Waals surface area contributed by atoms with Crippen molar-refractivity contribution >= 4 is 0 Å². The Bertz CT molecular complexity index is 303. The van der Waals surface area contributed by atoms with Gasteiger partial charge >= 0.3 is 0 Å². The molecule has 3 fully saturated rings. The van der Waals surface area contributed by atoms with E-state index in [4.69, 9.17) is 0 Å². The summed E-state index contributed by atoms with van der Waals surface area (Å²) in [5.74, 6) is 6.14. The summed E-state index contributed by atoms with van der Waals surface area (Å²) in [6, 6.07) is 0.812. The Morgan fingerprint density at radius 2 is 1.60 bits per heavy atom. The van der Waals surface area contributed by atoms with E-state index in [1.165, 1.54) is 32.1 Å². The number of fused-ring (bicyclic) bond motifs is 2. The zero-order chi connectivity index (χ0) is 14.1. The molecule has 3 aliphatic carbocycles. The Morgan fingerprint density at radius 1 is 0.900 bits per heavy atom. The van der Waals surface area contributed by atoms with E-state index in [1.807, 2.05) is 0 Å². The SMILES string of the molecule is CNC(CC1CC2CCC1C2)C1CCC(C(C)C)CC1. The maximum absolute atomic E-state index is 3.70. The fourth-order valence-electron chi connectivity index (χ4n) is 5.75. The van der Waals surface area contributed by atoms with E-state index in [0.717, 1.165) is 41.5 Å². The Kier molecular flexibility index (Phi) is 4.75. The maximum Gasteiger partial charge on any atom is 0.00950 e. The van der Waals surface area contributed by atoms with Crippen LogP contribution >= 0.6 is 0 Å². The monoisotopic (exact) mass is 277 g/mol. The zero-order valence-electron chi connectivity index (χ0n) is 13.9. The minimum atomic E-state index is 0.812. The quantitative estimate of drug-likeness (QED) is 0.756. The fraction of sp³-hybridized carbons (Fsp3) is 1.00. The number of hydrogen-bond acceptors (Lipinski definition) is 1. The largest absolute Gasteiger partial charge is 0.317 e. The highest BCUT2D eigenvalue weighted by Crippen LogP contribution is 2.50. The zero-order valence-corrected chi connectivity index (χ0v) is 13.9. The molecule has 0 spiro atoms. The van der Waals surface area contributed by atoms with Gasteiger partial charge in [-0.05, 0) is 93.9 Å². The van der Waals surface area contributed by atoms with Crippen molar-refractivity contribution in [1.29, 1.82) is 0 Å². The van der Waals surface area contributed by atoms with Gasteiger partial charge in [0.1, 0.15) is 0 Å². The molecule has 0 aliphatic heterocycles. The number of rotatable bonds is 5. The maximum atomic E-state index is 3.70. The lowest BCUT2D eigenvalue weighted by Gasteiger charge is -2.37. The molecule has 3 saturated carbocycles. The third-order valence-electron chi connectivity index (χ3n) is 7.14. The van der Waals surface area contributed by atoms with E-state index in [0.29, 0.717) is 0 Å². The summed E-state index contributed by atoms with van der Waals surface area (Å²) in [4.78, 5) is 0. The molecular formula is C19H35N. The van der Waals surface area contributed by atoms with Gasteiger partial charge in [0.25, 0.3) is 0 Å². The van der Waals surface area contributed by atoms with E-state index < -0.39 is 0 Å². The van der Waals surface area contributed by atoms with Crippen LogP contribution in [0.2, 0.25) is 0 Å². The van der Waals surface area contributed by atoms with Crippen molar-refractivity contribution in [2.24, 2.45) is 35.5 Å². The third-order valence-corrected chi connectivity index (χ3v) is 7.14. The predicted octanol–water partition coefficient (Wildman–Crippen LogP) is 4.86. The first-order valence-electron chi connectivity index (χ1n) is 9.34. The molecule has 4 atom stereocenters. The van der Waals surface area contributed by atoms with Crippen LogP contribution in [0.3, 0.4) is 0 Å². The van der Waals surface area contributed by atoms with E-state index in [-0.39, 0.29) is 0 Å². The summed E-state index contributed by atoms with van der Waals surface area (Å²) in [5.41, 5.74) is 0. The van der Waals surface area contributed by atoms with Gasteiger partial charge in [-0.15, -0.1) is 0 Å². The van der Waals surface area contributed by atoms with Crippen molar-refractivity contribution in [2.45, 2.75) is 77.7 Å². The summed E-state index contributed by atoms with van der Waals surface area (Å²) in [6.07, 6.45) is 13.6. The first-order chi connectivity index (χ1) is 9.67. The van der Waals surface area contributed by atoms with Crippen molar-refractivity contribution in [3.8, 4) is 0 Å². The average molecular weight is 277 g/mol. The highest BCUT2D eigenvalue weighted by Gasteiger charge is 2.41. The molecule has 2 bridgehead atoms. The van der Waals surface area contributed by atoms with Crippen LogP contribution in [0.15, 0.2) is 0 Å². The van der Waals surface area contributed by atoms with E-state index in [2.05, 4.69) is 26.2 Å². The summed E-state index contributed by atoms with van der Waals surface area (Å²) in [5, 5.41) is 3.70. The van der Waals surface area contributed by atoms with Crippen LogP contribution in [0.25, 0.3) is 0 Å². The summed E-state index contributed by atoms with van der Waals surface area (Å²) < 4.78 is 0. The van der Waals surface area contributed by atoms with Gasteiger partial charge in [0.15, 0.2) is 0 Å². The standard InChI is InChI=1S/C19H35N/c1-13(2)15-6-8-16(9-7-15)19(20-3)12-18-11-14-4-5-17(18)10-14/h13-20H,4-12H2,1-3H3. The molecule has 20 heavy (non-hydrogen) atoms. The summed E-state index contributed by atoms with van der Waals surface area (Å²) in [7, 11) is 2.21. The first-order valence-corrected chi connectivity index (χ1v) is 9.34. The minimum absolute atomic E-state index is 0.812. The lowest BCUT2D eigenvalue weighted by molar-refractivity contribution is 0.166. The van der Waals surface area contributed by atoms with Gasteiger partial charge < -0.3 is 5.32 Å². The third kappa shape index (κ3) is 3.08. The van der Waals surface area contributed by atoms with Gasteiger partial charge in [-0.3, -0.25) is 0 Å². The average Bonchev–Trinajstić information content (AvgIpc) is 3.07. The van der Waals surface area contributed by atoms with E-state index >= 15 is 0 Å². The Balaban J connectivity index is 1.50. The molecule has 3 aliphatic rings. The van der Waals surface area contributed by atoms with Crippen molar-refractivity contribution in [3.05, 3.63) is 0 Å². The van der Waals surface area contributed by atoms with Gasteiger partial charge in [-0.2, -0.15) is 0 Å². The first kappa shape index (κ1) is 14.9. The molecule has 0 aromatic heterocycles. The van der Waals surface area contributed by atoms with Gasteiger partial charge in [0.2, 0.25) is 0 Å². The molecular weight excluding hydrogens is 242 g/mol. The molecule has 1 N–H and O–H groups in total. The molecule has 1 heteroatoms. The van der Waals surface area contributed by atoms with Crippen molar-refractivity contribution in [3.63, 3.8) is 0 Å². The van der Waals surface area contributed by atoms with Crippen LogP contribution in [-0.4, -0.2) is 13.1 Å². The van der Waals surface area contributed by atoms with Crippen molar-refractivity contribution < 1.29 is 0 Å². The highest BCUT2D eigenvalue weighted by atomic mass is 14.9. The number of hydrogen-bond donors (Lipinski definition) is 1. The van der Waals surface area contributed by atoms with E-state index in [9.17, 15) is 0 Å². The molecule has 116 valence electrons. The molecule has 4 unspecified atom stereocenters. The topological polar surface area (TPSA) is 12.0 Å². The molecule has 1 nitrogen and oxygen atoms in total. The van der Waals surface area contributed by atoms with Gasteiger partial charge in [0.05, 0.1) is 0 Å². The lowest BCUT2D eigenvalue weighted by atomic mass is 9.72. The van der Waals surface area contributed by atoms with Crippen LogP contribution in [0.1, 0.15) is 71.6 Å². The Morgan fingerprint density at radius 3 is 2.10 bits per heavy atom. The molecule has 0 saturated heterocycles. The molecule has 0 heterocycles. The van der Waals surface area contributed by atoms with Crippen LogP contribution in [-0.2, 0) is 0 Å². The van der Waals surface area contributed by atoms with Crippen LogP contribution in [0, 0.1) is 35.5 Å². The second-order valence-corrected chi connectivity index (χ2v) is 8.48. The molecule has 0 aromatic rings. The normalized spacial score (nSPS) is 42.3. The van der Waals surface area contributed by atoms with E-state index in [1.54, 1.807) is 25.7 Å². The van der Waals surface area contributed by atoms with Gasteiger partial charge in [0, 0.05) is 6.04 Å². The lowest BCUT2D eigenvalue weighted by Crippen LogP contribution is -2.38. The number of nitrogens with one attached hydrogen (secondary N) is 1. The van der Waals surface area contributed by atoms with Crippen LogP contribution in [0.4, 0.5) is 0 Å².